The average Bonchev–Trinajstić information content (AvgIpc) is 3.22. The molecule has 30 heavy (non-hydrogen) atoms. The summed E-state index contributed by atoms with van der Waals surface area (Å²) in [6.45, 7) is 8.76. The second-order valence-electron chi connectivity index (χ2n) is 7.05. The van der Waals surface area contributed by atoms with Gasteiger partial charge in [0.15, 0.2) is 5.96 Å². The van der Waals surface area contributed by atoms with Gasteiger partial charge in [0.2, 0.25) is 0 Å². The average molecular weight is 546 g/mol. The fraction of sp³-hybridized carbons (Fsp3) is 0.524. The van der Waals surface area contributed by atoms with Crippen LogP contribution in [0.5, 0.6) is 0 Å². The number of piperazine rings is 1. The quantitative estimate of drug-likeness (QED) is 0.303. The largest absolute Gasteiger partial charge is 0.369 e. The molecule has 166 valence electrons. The van der Waals surface area contributed by atoms with Crippen LogP contribution in [0.25, 0.3) is 0 Å². The maximum atomic E-state index is 13.1. The number of rotatable bonds is 8. The predicted octanol–water partition coefficient (Wildman–Crippen LogP) is 2.99. The van der Waals surface area contributed by atoms with Crippen LogP contribution in [-0.2, 0) is 12.8 Å². The number of anilines is 1. The molecule has 9 heteroatoms. The number of aromatic nitrogens is 1. The van der Waals surface area contributed by atoms with E-state index in [9.17, 15) is 4.39 Å². The molecular formula is C21H32FIN6S. The van der Waals surface area contributed by atoms with Crippen LogP contribution in [0.4, 0.5) is 10.1 Å². The lowest BCUT2D eigenvalue weighted by Crippen LogP contribution is -2.49. The summed E-state index contributed by atoms with van der Waals surface area (Å²) in [7, 11) is 1.80. The molecule has 1 aliphatic rings. The molecule has 1 aliphatic heterocycles. The maximum absolute atomic E-state index is 13.1. The van der Waals surface area contributed by atoms with Crippen molar-refractivity contribution >= 4 is 47.0 Å². The third-order valence-electron chi connectivity index (χ3n) is 5.09. The molecule has 0 atom stereocenters. The van der Waals surface area contributed by atoms with Gasteiger partial charge in [0.1, 0.15) is 5.82 Å². The molecule has 0 radical (unpaired) electrons. The molecule has 3 rings (SSSR count). The standard InChI is InChI=1S/C21H31FN6S.HI/c1-3-19-16-26-20(29-19)8-9-24-21(23-2)25-10-11-27-12-14-28(15-13-27)18-6-4-17(22)5-7-18;/h4-7,16H,3,8-15H2,1-2H3,(H2,23,24,25);1H. The molecule has 1 saturated heterocycles. The number of aryl methyl sites for hydroxylation is 1. The fourth-order valence-corrected chi connectivity index (χ4v) is 4.21. The van der Waals surface area contributed by atoms with Gasteiger partial charge in [-0.1, -0.05) is 6.92 Å². The van der Waals surface area contributed by atoms with E-state index >= 15 is 0 Å². The zero-order valence-electron chi connectivity index (χ0n) is 17.7. The first kappa shape index (κ1) is 24.8. The molecule has 0 aliphatic carbocycles. The van der Waals surface area contributed by atoms with E-state index < -0.39 is 0 Å². The first-order valence-corrected chi connectivity index (χ1v) is 11.1. The molecule has 0 amide bonds. The zero-order chi connectivity index (χ0) is 20.5. The molecule has 2 heterocycles. The Labute approximate surface area is 200 Å². The van der Waals surface area contributed by atoms with Crippen LogP contribution in [0.1, 0.15) is 16.8 Å². The van der Waals surface area contributed by atoms with Crippen molar-refractivity contribution in [2.24, 2.45) is 4.99 Å². The number of nitrogens with one attached hydrogen (secondary N) is 2. The van der Waals surface area contributed by atoms with Gasteiger partial charge in [-0.15, -0.1) is 35.3 Å². The molecule has 2 N–H and O–H groups in total. The van der Waals surface area contributed by atoms with Gasteiger partial charge >= 0.3 is 0 Å². The van der Waals surface area contributed by atoms with Crippen LogP contribution in [0.2, 0.25) is 0 Å². The summed E-state index contributed by atoms with van der Waals surface area (Å²) in [4.78, 5) is 14.9. The monoisotopic (exact) mass is 546 g/mol. The Morgan fingerprint density at radius 2 is 1.83 bits per heavy atom. The lowest BCUT2D eigenvalue weighted by molar-refractivity contribution is 0.261. The van der Waals surface area contributed by atoms with Crippen LogP contribution in [-0.4, -0.2) is 68.7 Å². The molecular weight excluding hydrogens is 514 g/mol. The highest BCUT2D eigenvalue weighted by molar-refractivity contribution is 14.0. The smallest absolute Gasteiger partial charge is 0.191 e. The van der Waals surface area contributed by atoms with Crippen LogP contribution in [0.3, 0.4) is 0 Å². The van der Waals surface area contributed by atoms with Crippen molar-refractivity contribution in [2.45, 2.75) is 19.8 Å². The number of benzene rings is 1. The Morgan fingerprint density at radius 3 is 2.47 bits per heavy atom. The predicted molar refractivity (Wildman–Crippen MR) is 135 cm³/mol. The second-order valence-corrected chi connectivity index (χ2v) is 8.25. The lowest BCUT2D eigenvalue weighted by atomic mass is 10.2. The van der Waals surface area contributed by atoms with E-state index in [1.54, 1.807) is 18.4 Å². The minimum Gasteiger partial charge on any atom is -0.369 e. The first-order chi connectivity index (χ1) is 14.2. The van der Waals surface area contributed by atoms with Crippen molar-refractivity contribution in [1.82, 2.24) is 20.5 Å². The number of hydrogen-bond donors (Lipinski definition) is 2. The summed E-state index contributed by atoms with van der Waals surface area (Å²) in [5, 5.41) is 7.93. The zero-order valence-corrected chi connectivity index (χ0v) is 20.9. The molecule has 1 aromatic carbocycles. The molecule has 0 spiro atoms. The van der Waals surface area contributed by atoms with Crippen molar-refractivity contribution in [3.8, 4) is 0 Å². The van der Waals surface area contributed by atoms with Gasteiger partial charge in [-0.25, -0.2) is 9.37 Å². The minimum atomic E-state index is -0.183. The summed E-state index contributed by atoms with van der Waals surface area (Å²) in [5.74, 6) is 0.653. The van der Waals surface area contributed by atoms with Crippen molar-refractivity contribution in [2.75, 3.05) is 57.8 Å². The van der Waals surface area contributed by atoms with Crippen LogP contribution < -0.4 is 15.5 Å². The van der Waals surface area contributed by atoms with Gasteiger partial charge in [0.05, 0.1) is 5.01 Å². The van der Waals surface area contributed by atoms with Gasteiger partial charge in [0, 0.05) is 76.0 Å². The highest BCUT2D eigenvalue weighted by atomic mass is 127. The van der Waals surface area contributed by atoms with Gasteiger partial charge < -0.3 is 15.5 Å². The Bertz CT molecular complexity index is 774. The van der Waals surface area contributed by atoms with Crippen LogP contribution in [0.15, 0.2) is 35.5 Å². The number of thiazole rings is 1. The van der Waals surface area contributed by atoms with Crippen molar-refractivity contribution in [3.63, 3.8) is 0 Å². The molecule has 1 aromatic heterocycles. The Hall–Kier alpha value is -1.46. The highest BCUT2D eigenvalue weighted by Gasteiger charge is 2.16. The van der Waals surface area contributed by atoms with Crippen molar-refractivity contribution in [1.29, 1.82) is 0 Å². The van der Waals surface area contributed by atoms with E-state index in [1.165, 1.54) is 22.0 Å². The van der Waals surface area contributed by atoms with Gasteiger partial charge in [0.25, 0.3) is 0 Å². The van der Waals surface area contributed by atoms with E-state index in [0.29, 0.717) is 0 Å². The topological polar surface area (TPSA) is 55.8 Å². The molecule has 0 saturated carbocycles. The summed E-state index contributed by atoms with van der Waals surface area (Å²) in [5.41, 5.74) is 1.10. The number of hydrogen-bond acceptors (Lipinski definition) is 5. The van der Waals surface area contributed by atoms with E-state index in [2.05, 4.69) is 37.3 Å². The number of halogens is 2. The second kappa shape index (κ2) is 13.1. The molecule has 6 nitrogen and oxygen atoms in total. The third kappa shape index (κ3) is 7.66. The van der Waals surface area contributed by atoms with E-state index in [1.807, 2.05) is 18.3 Å². The highest BCUT2D eigenvalue weighted by Crippen LogP contribution is 2.16. The number of guanidine groups is 1. The number of nitrogens with zero attached hydrogens (tertiary/aromatic N) is 4. The summed E-state index contributed by atoms with van der Waals surface area (Å²) >= 11 is 1.79. The van der Waals surface area contributed by atoms with E-state index in [-0.39, 0.29) is 29.8 Å². The lowest BCUT2D eigenvalue weighted by Gasteiger charge is -2.36. The first-order valence-electron chi connectivity index (χ1n) is 10.3. The molecule has 0 unspecified atom stereocenters. The maximum Gasteiger partial charge on any atom is 0.191 e. The third-order valence-corrected chi connectivity index (χ3v) is 6.29. The SMILES string of the molecule is CCc1cnc(CCNC(=NC)NCCN2CCN(c3ccc(F)cc3)CC2)s1.I. The summed E-state index contributed by atoms with van der Waals surface area (Å²) in [6, 6.07) is 6.77. The van der Waals surface area contributed by atoms with Crippen molar-refractivity contribution < 1.29 is 4.39 Å². The van der Waals surface area contributed by atoms with Crippen LogP contribution >= 0.6 is 35.3 Å². The Morgan fingerprint density at radius 1 is 1.13 bits per heavy atom. The summed E-state index contributed by atoms with van der Waals surface area (Å²) < 4.78 is 13.1. The van der Waals surface area contributed by atoms with Crippen LogP contribution in [0, 0.1) is 5.82 Å². The molecule has 1 fully saturated rings. The minimum absolute atomic E-state index is 0. The fourth-order valence-electron chi connectivity index (χ4n) is 3.35. The Kier molecular flexibility index (Phi) is 10.8. The molecule has 0 bridgehead atoms. The van der Waals surface area contributed by atoms with Gasteiger partial charge in [-0.05, 0) is 30.7 Å². The molecule has 2 aromatic rings. The normalized spacial score (nSPS) is 15.0. The van der Waals surface area contributed by atoms with Crippen molar-refractivity contribution in [3.05, 3.63) is 46.2 Å². The van der Waals surface area contributed by atoms with E-state index in [0.717, 1.165) is 70.3 Å². The van der Waals surface area contributed by atoms with E-state index in [4.69, 9.17) is 0 Å². The van der Waals surface area contributed by atoms with Gasteiger partial charge in [-0.3, -0.25) is 9.89 Å². The van der Waals surface area contributed by atoms with Gasteiger partial charge in [-0.2, -0.15) is 0 Å². The Balaban J connectivity index is 0.00000320. The summed E-state index contributed by atoms with van der Waals surface area (Å²) in [6.07, 6.45) is 3.94. The number of aliphatic imine (C=N–C) groups is 1.